The van der Waals surface area contributed by atoms with Gasteiger partial charge in [0.25, 0.3) is 0 Å². The second kappa shape index (κ2) is 4.99. The molecule has 0 bridgehead atoms. The summed E-state index contributed by atoms with van der Waals surface area (Å²) in [4.78, 5) is 3.96. The summed E-state index contributed by atoms with van der Waals surface area (Å²) in [6.45, 7) is 3.87. The molecule has 0 saturated carbocycles. The van der Waals surface area contributed by atoms with E-state index in [9.17, 15) is 0 Å². The number of pyridine rings is 1. The fourth-order valence-corrected chi connectivity index (χ4v) is 0.847. The SMILES string of the molecule is C.CC(C)Oc1ncccc1Cl. The third-order valence-electron chi connectivity index (χ3n) is 1.07. The van der Waals surface area contributed by atoms with Gasteiger partial charge in [0.05, 0.1) is 6.10 Å². The minimum absolute atomic E-state index is 0. The van der Waals surface area contributed by atoms with Gasteiger partial charge in [0.2, 0.25) is 5.88 Å². The van der Waals surface area contributed by atoms with Gasteiger partial charge in [-0.25, -0.2) is 4.98 Å². The topological polar surface area (TPSA) is 22.1 Å². The lowest BCUT2D eigenvalue weighted by atomic mass is 10.4. The highest BCUT2D eigenvalue weighted by atomic mass is 35.5. The summed E-state index contributed by atoms with van der Waals surface area (Å²) in [7, 11) is 0. The van der Waals surface area contributed by atoms with Gasteiger partial charge >= 0.3 is 0 Å². The number of rotatable bonds is 2. The van der Waals surface area contributed by atoms with Crippen molar-refractivity contribution in [3.8, 4) is 5.88 Å². The Hall–Kier alpha value is -0.760. The summed E-state index contributed by atoms with van der Waals surface area (Å²) < 4.78 is 5.30. The Bertz CT molecular complexity index is 238. The van der Waals surface area contributed by atoms with Crippen LogP contribution in [0.25, 0.3) is 0 Å². The van der Waals surface area contributed by atoms with Crippen LogP contribution in [0.3, 0.4) is 0 Å². The van der Waals surface area contributed by atoms with Crippen LogP contribution < -0.4 is 4.74 Å². The molecule has 1 aromatic rings. The van der Waals surface area contributed by atoms with Crippen LogP contribution in [0.1, 0.15) is 21.3 Å². The van der Waals surface area contributed by atoms with E-state index in [1.807, 2.05) is 13.8 Å². The van der Waals surface area contributed by atoms with Crippen LogP contribution in [0, 0.1) is 0 Å². The standard InChI is InChI=1S/C8H10ClNO.CH4/c1-6(2)11-8-7(9)4-3-5-10-8;/h3-6H,1-2H3;1H4. The van der Waals surface area contributed by atoms with Gasteiger partial charge in [0.1, 0.15) is 5.02 Å². The zero-order valence-corrected chi connectivity index (χ0v) is 7.30. The fourth-order valence-electron chi connectivity index (χ4n) is 0.681. The van der Waals surface area contributed by atoms with Crippen LogP contribution in [0.5, 0.6) is 5.88 Å². The van der Waals surface area contributed by atoms with Crippen molar-refractivity contribution in [3.63, 3.8) is 0 Å². The molecular weight excluding hydrogens is 174 g/mol. The lowest BCUT2D eigenvalue weighted by Gasteiger charge is -2.08. The van der Waals surface area contributed by atoms with E-state index < -0.39 is 0 Å². The van der Waals surface area contributed by atoms with Crippen molar-refractivity contribution in [1.29, 1.82) is 0 Å². The molecule has 0 atom stereocenters. The third kappa shape index (κ3) is 3.09. The largest absolute Gasteiger partial charge is 0.474 e. The fraction of sp³-hybridized carbons (Fsp3) is 0.444. The summed E-state index contributed by atoms with van der Waals surface area (Å²) in [5.74, 6) is 0.504. The van der Waals surface area contributed by atoms with Gasteiger partial charge in [0, 0.05) is 6.20 Å². The molecule has 0 N–H and O–H groups in total. The van der Waals surface area contributed by atoms with E-state index in [0.717, 1.165) is 0 Å². The molecule has 0 aliphatic rings. The van der Waals surface area contributed by atoms with E-state index in [-0.39, 0.29) is 13.5 Å². The van der Waals surface area contributed by atoms with Crippen molar-refractivity contribution in [2.75, 3.05) is 0 Å². The van der Waals surface area contributed by atoms with Crippen LogP contribution >= 0.6 is 11.6 Å². The monoisotopic (exact) mass is 187 g/mol. The minimum atomic E-state index is 0. The van der Waals surface area contributed by atoms with Crippen molar-refractivity contribution >= 4 is 11.6 Å². The Morgan fingerprint density at radius 3 is 2.67 bits per heavy atom. The highest BCUT2D eigenvalue weighted by Gasteiger charge is 2.02. The number of ether oxygens (including phenoxy) is 1. The first kappa shape index (κ1) is 11.2. The molecule has 0 aliphatic heterocycles. The Balaban J connectivity index is 0.00000121. The highest BCUT2D eigenvalue weighted by Crippen LogP contribution is 2.20. The first-order valence-electron chi connectivity index (χ1n) is 3.47. The maximum Gasteiger partial charge on any atom is 0.232 e. The minimum Gasteiger partial charge on any atom is -0.474 e. The second-order valence-electron chi connectivity index (χ2n) is 2.46. The van der Waals surface area contributed by atoms with Gasteiger partial charge in [-0.15, -0.1) is 0 Å². The zero-order valence-electron chi connectivity index (χ0n) is 6.54. The molecule has 3 heteroatoms. The first-order valence-corrected chi connectivity index (χ1v) is 3.85. The average molecular weight is 188 g/mol. The molecule has 0 spiro atoms. The number of hydrogen-bond donors (Lipinski definition) is 0. The molecule has 1 rings (SSSR count). The smallest absolute Gasteiger partial charge is 0.232 e. The van der Waals surface area contributed by atoms with E-state index in [1.54, 1.807) is 18.3 Å². The molecule has 0 aromatic carbocycles. The van der Waals surface area contributed by atoms with E-state index in [2.05, 4.69) is 4.98 Å². The van der Waals surface area contributed by atoms with Gasteiger partial charge in [0.15, 0.2) is 0 Å². The number of nitrogens with zero attached hydrogens (tertiary/aromatic N) is 1. The molecule has 0 unspecified atom stereocenters. The summed E-state index contributed by atoms with van der Waals surface area (Å²) in [6.07, 6.45) is 1.77. The molecule has 0 radical (unpaired) electrons. The molecule has 12 heavy (non-hydrogen) atoms. The van der Waals surface area contributed by atoms with Crippen molar-refractivity contribution in [2.24, 2.45) is 0 Å². The molecule has 2 nitrogen and oxygen atoms in total. The Morgan fingerprint density at radius 2 is 2.17 bits per heavy atom. The van der Waals surface area contributed by atoms with Crippen molar-refractivity contribution < 1.29 is 4.74 Å². The van der Waals surface area contributed by atoms with Gasteiger partial charge < -0.3 is 4.74 Å². The summed E-state index contributed by atoms with van der Waals surface area (Å²) >= 11 is 5.78. The Morgan fingerprint density at radius 1 is 1.50 bits per heavy atom. The average Bonchev–Trinajstić information content (AvgIpc) is 1.93. The predicted octanol–water partition coefficient (Wildman–Crippen LogP) is 3.16. The van der Waals surface area contributed by atoms with E-state index in [0.29, 0.717) is 10.9 Å². The van der Waals surface area contributed by atoms with E-state index >= 15 is 0 Å². The molecule has 0 amide bonds. The molecule has 0 fully saturated rings. The molecule has 1 heterocycles. The molecule has 0 saturated heterocycles. The first-order chi connectivity index (χ1) is 5.20. The third-order valence-corrected chi connectivity index (χ3v) is 1.36. The Kier molecular flexibility index (Phi) is 4.67. The lowest BCUT2D eigenvalue weighted by Crippen LogP contribution is -2.06. The maximum atomic E-state index is 5.78. The van der Waals surface area contributed by atoms with Crippen LogP contribution in [0.4, 0.5) is 0 Å². The van der Waals surface area contributed by atoms with Gasteiger partial charge in [-0.3, -0.25) is 0 Å². The second-order valence-corrected chi connectivity index (χ2v) is 2.86. The number of hydrogen-bond acceptors (Lipinski definition) is 2. The molecule has 68 valence electrons. The van der Waals surface area contributed by atoms with Crippen molar-refractivity contribution in [3.05, 3.63) is 23.4 Å². The van der Waals surface area contributed by atoms with Crippen LogP contribution in [-0.2, 0) is 0 Å². The van der Waals surface area contributed by atoms with Gasteiger partial charge in [-0.2, -0.15) is 0 Å². The number of aromatic nitrogens is 1. The van der Waals surface area contributed by atoms with E-state index in [4.69, 9.17) is 16.3 Å². The summed E-state index contributed by atoms with van der Waals surface area (Å²) in [5, 5.41) is 0.557. The van der Waals surface area contributed by atoms with Crippen LogP contribution in [0.15, 0.2) is 18.3 Å². The normalized spacial score (nSPS) is 9.33. The maximum absolute atomic E-state index is 5.78. The summed E-state index contributed by atoms with van der Waals surface area (Å²) in [6, 6.07) is 3.53. The van der Waals surface area contributed by atoms with E-state index in [1.165, 1.54) is 0 Å². The van der Waals surface area contributed by atoms with Crippen LogP contribution in [0.2, 0.25) is 5.02 Å². The van der Waals surface area contributed by atoms with Gasteiger partial charge in [-0.1, -0.05) is 19.0 Å². The van der Waals surface area contributed by atoms with Crippen LogP contribution in [-0.4, -0.2) is 11.1 Å². The van der Waals surface area contributed by atoms with Crippen molar-refractivity contribution in [1.82, 2.24) is 4.98 Å². The zero-order chi connectivity index (χ0) is 8.27. The Labute approximate surface area is 78.5 Å². The molecule has 0 aliphatic carbocycles. The van der Waals surface area contributed by atoms with Gasteiger partial charge in [-0.05, 0) is 26.0 Å². The lowest BCUT2D eigenvalue weighted by molar-refractivity contribution is 0.233. The predicted molar refractivity (Wildman–Crippen MR) is 51.7 cm³/mol. The molecule has 1 aromatic heterocycles. The number of halogens is 1. The van der Waals surface area contributed by atoms with Crippen molar-refractivity contribution in [2.45, 2.75) is 27.4 Å². The molecular formula is C9H14ClNO. The summed E-state index contributed by atoms with van der Waals surface area (Å²) in [5.41, 5.74) is 0. The quantitative estimate of drug-likeness (QED) is 0.710. The highest BCUT2D eigenvalue weighted by molar-refractivity contribution is 6.31.